The number of alkyl halides is 12. The van der Waals surface area contributed by atoms with Gasteiger partial charge in [-0.05, 0) is 144 Å². The molecule has 0 saturated heterocycles. The lowest BCUT2D eigenvalue weighted by Crippen LogP contribution is -2.54. The van der Waals surface area contributed by atoms with Crippen molar-refractivity contribution in [2.24, 2.45) is 0 Å². The molecule has 27 heteroatoms. The van der Waals surface area contributed by atoms with Gasteiger partial charge in [-0.25, -0.2) is 0 Å². The molecule has 0 saturated carbocycles. The number of nitrogens with one attached hydrogen (secondary N) is 3. The van der Waals surface area contributed by atoms with E-state index in [-0.39, 0.29) is 41.4 Å². The number of anilines is 4. The van der Waals surface area contributed by atoms with E-state index in [1.807, 2.05) is 10.6 Å². The molecular formula is C53H34B2F12N4O9. The van der Waals surface area contributed by atoms with Crippen LogP contribution >= 0.6 is 0 Å². The van der Waals surface area contributed by atoms with Gasteiger partial charge in [-0.3, -0.25) is 19.2 Å². The van der Waals surface area contributed by atoms with E-state index < -0.39 is 132 Å². The minimum atomic E-state index is -6.31. The van der Waals surface area contributed by atoms with E-state index in [0.29, 0.717) is 59.8 Å². The van der Waals surface area contributed by atoms with Gasteiger partial charge in [0.05, 0.1) is 22.7 Å². The van der Waals surface area contributed by atoms with Gasteiger partial charge in [-0.2, -0.15) is 52.7 Å². The van der Waals surface area contributed by atoms with E-state index in [9.17, 15) is 55.7 Å². The second kappa shape index (κ2) is 21.9. The molecule has 80 heavy (non-hydrogen) atoms. The zero-order valence-corrected chi connectivity index (χ0v) is 40.4. The van der Waals surface area contributed by atoms with Crippen molar-refractivity contribution in [1.29, 1.82) is 0 Å². The zero-order chi connectivity index (χ0) is 58.9. The topological polar surface area (TPSA) is 199 Å². The first-order valence-corrected chi connectivity index (χ1v) is 22.5. The molecule has 0 aromatic heterocycles. The fraction of sp³-hybridized carbons (Fsp3) is 0.132. The smallest absolute Gasteiger partial charge is 0.411 e. The molecule has 3 amide bonds. The van der Waals surface area contributed by atoms with Gasteiger partial charge in [0, 0.05) is 22.3 Å². The van der Waals surface area contributed by atoms with Crippen LogP contribution in [0, 0.1) is 0 Å². The monoisotopic (exact) mass is 1120 g/mol. The van der Waals surface area contributed by atoms with Crippen molar-refractivity contribution in [3.05, 3.63) is 190 Å². The summed E-state index contributed by atoms with van der Waals surface area (Å²) in [5.41, 5.74) is -15.3. The number of halogens is 12. The summed E-state index contributed by atoms with van der Waals surface area (Å²) in [4.78, 5) is 52.3. The van der Waals surface area contributed by atoms with E-state index in [1.54, 1.807) is 0 Å². The molecular weight excluding hydrogens is 1090 g/mol. The van der Waals surface area contributed by atoms with Crippen molar-refractivity contribution in [2.45, 2.75) is 42.5 Å². The molecule has 0 spiro atoms. The molecule has 7 aromatic carbocycles. The molecule has 0 atom stereocenters. The Bertz CT molecular complexity index is 3490. The number of hydrogen-bond acceptors (Lipinski definition) is 10. The zero-order valence-electron chi connectivity index (χ0n) is 40.4. The first kappa shape index (κ1) is 58.4. The normalized spacial score (nSPS) is 12.3. The number of Topliss-reactive ketones (excluding diaryl/α,β-unsaturated/α-hetero) is 1. The fourth-order valence-corrected chi connectivity index (χ4v) is 8.50. The van der Waals surface area contributed by atoms with Gasteiger partial charge in [0.2, 0.25) is 10.8 Å². The van der Waals surface area contributed by atoms with Crippen molar-refractivity contribution in [3.63, 3.8) is 0 Å². The minimum Gasteiger partial charge on any atom is -0.566 e. The summed E-state index contributed by atoms with van der Waals surface area (Å²) in [6.45, 7) is 1.36. The van der Waals surface area contributed by atoms with Crippen molar-refractivity contribution in [2.75, 3.05) is 21.7 Å². The summed E-state index contributed by atoms with van der Waals surface area (Å²) in [5, 5.41) is 26.7. The number of rotatable bonds is 15. The predicted octanol–water partition coefficient (Wildman–Crippen LogP) is 12.2. The maximum absolute atomic E-state index is 15.5. The van der Waals surface area contributed by atoms with E-state index in [2.05, 4.69) is 14.6 Å². The molecule has 7 rings (SSSR count). The number of carbonyl (C=O) groups is 4. The van der Waals surface area contributed by atoms with E-state index in [0.717, 1.165) is 24.3 Å². The van der Waals surface area contributed by atoms with Crippen LogP contribution in [0.5, 0.6) is 34.5 Å². The van der Waals surface area contributed by atoms with Gasteiger partial charge in [0.15, 0.2) is 5.78 Å². The molecule has 0 unspecified atom stereocenters. The number of ketones is 1. The molecule has 0 aliphatic carbocycles. The predicted molar refractivity (Wildman–Crippen MR) is 265 cm³/mol. The number of carbonyl (C=O) groups excluding carboxylic acids is 4. The van der Waals surface area contributed by atoms with Crippen molar-refractivity contribution >= 4 is 62.4 Å². The molecule has 0 aliphatic rings. The Balaban J connectivity index is 1.18. The van der Waals surface area contributed by atoms with E-state index in [1.165, 1.54) is 55.5 Å². The molecule has 0 bridgehead atoms. The second-order valence-electron chi connectivity index (χ2n) is 17.3. The maximum Gasteiger partial charge on any atom is 0.411 e. The third kappa shape index (κ3) is 11.1. The molecule has 13 nitrogen and oxygen atoms in total. The number of amides is 3. The number of phenolic OH excluding ortho intramolecular Hbond substituents is 2. The highest BCUT2D eigenvalue weighted by atomic mass is 19.4. The van der Waals surface area contributed by atoms with Crippen LogP contribution in [0.3, 0.4) is 0 Å². The van der Waals surface area contributed by atoms with E-state index >= 15 is 26.3 Å². The van der Waals surface area contributed by atoms with Crippen LogP contribution < -0.4 is 35.7 Å². The fourth-order valence-electron chi connectivity index (χ4n) is 8.50. The van der Waals surface area contributed by atoms with Crippen molar-refractivity contribution < 1.29 is 96.1 Å². The van der Waals surface area contributed by atoms with Crippen molar-refractivity contribution in [1.82, 2.24) is 0 Å². The minimum absolute atomic E-state index is 0.146. The lowest BCUT2D eigenvalue weighted by Gasteiger charge is -2.38. The standard InChI is InChI=1S/C53H34B2F12N4O9/c1-26(72)27-5-13-35(14-6-27)78-36-15-7-28(8-16-36)45(75)70-39-25-34(12-20-43(39)79-54)49(52(62,63)64,53(65,66)67)32-10-18-42(74)38(23-32)69-46(76)29-3-2-4-30(21-29)47(77)71-40-24-33(11-19-44(40)80-55)48(50(56,57)58,51(59,60)61)31-9-17-41(73)37(68)22-31/h2-25,73-74H,68H2,1H3,(H,69,76)(H,70,75)(H,71,77). The lowest BCUT2D eigenvalue weighted by atomic mass is 9.72. The molecule has 0 fully saturated rings. The lowest BCUT2D eigenvalue weighted by molar-refractivity contribution is -0.290. The van der Waals surface area contributed by atoms with Gasteiger partial charge in [-0.1, -0.05) is 30.3 Å². The Hall–Kier alpha value is -9.29. The van der Waals surface area contributed by atoms with Crippen molar-refractivity contribution in [3.8, 4) is 34.5 Å². The Morgan fingerprint density at radius 3 is 1.18 bits per heavy atom. The van der Waals surface area contributed by atoms with Gasteiger partial charge >= 0.3 is 40.8 Å². The largest absolute Gasteiger partial charge is 0.566 e. The third-order valence-electron chi connectivity index (χ3n) is 12.4. The highest BCUT2D eigenvalue weighted by Crippen LogP contribution is 2.59. The van der Waals surface area contributed by atoms with Crippen LogP contribution in [0.1, 0.15) is 70.6 Å². The summed E-state index contributed by atoms with van der Waals surface area (Å²) in [5.74, 6) is -6.79. The highest BCUT2D eigenvalue weighted by molar-refractivity contribution is 6.10. The molecule has 7 aromatic rings. The summed E-state index contributed by atoms with van der Waals surface area (Å²) in [7, 11) is 10.5. The van der Waals surface area contributed by atoms with E-state index in [4.69, 9.17) is 26.6 Å². The molecule has 410 valence electrons. The van der Waals surface area contributed by atoms with Gasteiger partial charge < -0.3 is 45.9 Å². The van der Waals surface area contributed by atoms with Crippen LogP contribution in [-0.2, 0) is 10.8 Å². The number of benzene rings is 7. The average Bonchev–Trinajstić information content (AvgIpc) is 3.59. The molecule has 0 heterocycles. The molecule has 4 radical (unpaired) electrons. The summed E-state index contributed by atoms with van der Waals surface area (Å²) < 4.78 is 198. The number of phenols is 2. The second-order valence-corrected chi connectivity index (χ2v) is 17.3. The number of aromatic hydroxyl groups is 2. The maximum atomic E-state index is 15.5. The first-order valence-electron chi connectivity index (χ1n) is 22.5. The number of ether oxygens (including phenoxy) is 1. The third-order valence-corrected chi connectivity index (χ3v) is 12.4. The van der Waals surface area contributed by atoms with Crippen LogP contribution in [0.15, 0.2) is 146 Å². The summed E-state index contributed by atoms with van der Waals surface area (Å²) >= 11 is 0. The van der Waals surface area contributed by atoms with Crippen LogP contribution in [0.4, 0.5) is 75.4 Å². The Morgan fingerprint density at radius 1 is 0.438 bits per heavy atom. The quantitative estimate of drug-likeness (QED) is 0.0189. The van der Waals surface area contributed by atoms with Crippen LogP contribution in [0.2, 0.25) is 0 Å². The van der Waals surface area contributed by atoms with Crippen LogP contribution in [-0.4, -0.2) is 74.5 Å². The van der Waals surface area contributed by atoms with Gasteiger partial charge in [0.25, 0.3) is 17.7 Å². The Labute approximate surface area is 446 Å². The number of nitrogens with two attached hydrogens (primary N) is 1. The van der Waals surface area contributed by atoms with Crippen LogP contribution in [0.25, 0.3) is 0 Å². The molecule has 0 aliphatic heterocycles. The molecule has 7 N–H and O–H groups in total. The SMILES string of the molecule is [B]Oc1ccc(C(c2ccc(O)c(N)c2)(C(F)(F)F)C(F)(F)F)cc1NC(=O)c1cccc(C(=O)Nc2cc(C(c3ccc(O[B])c(NC(=O)c4ccc(Oc5ccc(C(C)=O)cc5)cc4)c3)(C(F)(F)F)C(F)(F)F)ccc2O)c1. The van der Waals surface area contributed by atoms with Gasteiger partial charge in [0.1, 0.15) is 34.5 Å². The Morgan fingerprint density at radius 2 is 0.787 bits per heavy atom. The first-order chi connectivity index (χ1) is 37.4. The summed E-state index contributed by atoms with van der Waals surface area (Å²) in [6, 6.07) is 18.9. The average molecular weight is 1120 g/mol. The van der Waals surface area contributed by atoms with Gasteiger partial charge in [-0.15, -0.1) is 0 Å². The summed E-state index contributed by atoms with van der Waals surface area (Å²) in [6.07, 6.45) is -25.0. The Kier molecular flexibility index (Phi) is 16.0. The number of nitrogen functional groups attached to an aromatic ring is 1. The highest BCUT2D eigenvalue weighted by Gasteiger charge is 2.74. The number of hydrogen-bond donors (Lipinski definition) is 6.